The first-order valence-corrected chi connectivity index (χ1v) is 5.50. The van der Waals surface area contributed by atoms with Crippen LogP contribution in [-0.2, 0) is 11.3 Å². The van der Waals surface area contributed by atoms with E-state index >= 15 is 0 Å². The number of aliphatic hydroxyl groups excluding tert-OH is 1. The number of hydrogen-bond donors (Lipinski definition) is 3. The fourth-order valence-electron chi connectivity index (χ4n) is 1.34. The number of aliphatic carboxylic acids is 1. The molecule has 100 valence electrons. The number of nitrogens with one attached hydrogen (secondary N) is 1. The number of rotatable bonds is 6. The maximum Gasteiger partial charge on any atom is 0.328 e. The highest BCUT2D eigenvalue weighted by atomic mass is 16.4. The Kier molecular flexibility index (Phi) is 5.19. The molecular formula is C11H16N2O5. The number of carbonyl (C=O) groups is 2. The van der Waals surface area contributed by atoms with Gasteiger partial charge in [0.25, 0.3) is 0 Å². The van der Waals surface area contributed by atoms with Gasteiger partial charge in [0.05, 0.1) is 19.4 Å². The van der Waals surface area contributed by atoms with Crippen LogP contribution in [0.1, 0.15) is 12.7 Å². The molecule has 0 aliphatic carbocycles. The van der Waals surface area contributed by atoms with Gasteiger partial charge in [0, 0.05) is 6.54 Å². The van der Waals surface area contributed by atoms with E-state index < -0.39 is 24.6 Å². The monoisotopic (exact) mass is 256 g/mol. The Bertz CT molecular complexity index is 390. The summed E-state index contributed by atoms with van der Waals surface area (Å²) in [4.78, 5) is 23.8. The first-order chi connectivity index (χ1) is 8.58. The Balaban J connectivity index is 2.59. The third kappa shape index (κ3) is 3.77. The van der Waals surface area contributed by atoms with Gasteiger partial charge in [-0.1, -0.05) is 0 Å². The molecule has 0 fully saturated rings. The van der Waals surface area contributed by atoms with Crippen molar-refractivity contribution in [1.82, 2.24) is 10.2 Å². The number of urea groups is 1. The fraction of sp³-hybridized carbons (Fsp3) is 0.455. The molecule has 2 amide bonds. The zero-order valence-electron chi connectivity index (χ0n) is 10.00. The lowest BCUT2D eigenvalue weighted by atomic mass is 10.3. The molecule has 1 heterocycles. The van der Waals surface area contributed by atoms with Crippen molar-refractivity contribution < 1.29 is 24.2 Å². The molecule has 0 spiro atoms. The molecule has 7 nitrogen and oxygen atoms in total. The smallest absolute Gasteiger partial charge is 0.328 e. The number of carbonyl (C=O) groups excluding carboxylic acids is 1. The first-order valence-electron chi connectivity index (χ1n) is 5.50. The van der Waals surface area contributed by atoms with Gasteiger partial charge in [0.2, 0.25) is 0 Å². The van der Waals surface area contributed by atoms with Crippen molar-refractivity contribution in [2.24, 2.45) is 0 Å². The van der Waals surface area contributed by atoms with Gasteiger partial charge in [-0.2, -0.15) is 0 Å². The molecular weight excluding hydrogens is 240 g/mol. The van der Waals surface area contributed by atoms with Crippen LogP contribution in [0.15, 0.2) is 22.8 Å². The molecule has 0 bridgehead atoms. The van der Waals surface area contributed by atoms with E-state index in [1.54, 1.807) is 19.1 Å². The van der Waals surface area contributed by atoms with E-state index in [2.05, 4.69) is 5.32 Å². The van der Waals surface area contributed by atoms with Crippen LogP contribution in [0.4, 0.5) is 4.79 Å². The largest absolute Gasteiger partial charge is 0.480 e. The molecule has 1 atom stereocenters. The van der Waals surface area contributed by atoms with Gasteiger partial charge in [0.1, 0.15) is 5.76 Å². The van der Waals surface area contributed by atoms with Gasteiger partial charge in [-0.3, -0.25) is 0 Å². The Labute approximate surface area is 104 Å². The molecule has 18 heavy (non-hydrogen) atoms. The number of furan rings is 1. The molecule has 1 aromatic heterocycles. The van der Waals surface area contributed by atoms with Crippen molar-refractivity contribution in [1.29, 1.82) is 0 Å². The summed E-state index contributed by atoms with van der Waals surface area (Å²) in [5, 5.41) is 19.8. The van der Waals surface area contributed by atoms with Gasteiger partial charge in [-0.25, -0.2) is 9.59 Å². The van der Waals surface area contributed by atoms with Crippen LogP contribution < -0.4 is 5.32 Å². The van der Waals surface area contributed by atoms with E-state index in [9.17, 15) is 9.59 Å². The van der Waals surface area contributed by atoms with Crippen LogP contribution in [0.3, 0.4) is 0 Å². The summed E-state index contributed by atoms with van der Waals surface area (Å²) in [6.07, 6.45) is 1.49. The van der Waals surface area contributed by atoms with E-state index in [1.807, 2.05) is 0 Å². The number of amides is 2. The minimum Gasteiger partial charge on any atom is -0.480 e. The summed E-state index contributed by atoms with van der Waals surface area (Å²) >= 11 is 0. The first kappa shape index (κ1) is 14.0. The Morgan fingerprint density at radius 1 is 1.56 bits per heavy atom. The number of nitrogens with zero attached hydrogens (tertiary/aromatic N) is 1. The van der Waals surface area contributed by atoms with Crippen LogP contribution in [-0.4, -0.2) is 46.3 Å². The van der Waals surface area contributed by atoms with Crippen LogP contribution in [0.25, 0.3) is 0 Å². The average molecular weight is 256 g/mol. The average Bonchev–Trinajstić information content (AvgIpc) is 2.85. The molecule has 0 aliphatic heterocycles. The van der Waals surface area contributed by atoms with Gasteiger partial charge >= 0.3 is 12.0 Å². The molecule has 7 heteroatoms. The van der Waals surface area contributed by atoms with Crippen LogP contribution in [0.5, 0.6) is 0 Å². The summed E-state index contributed by atoms with van der Waals surface area (Å²) in [5.41, 5.74) is 0. The van der Waals surface area contributed by atoms with Crippen molar-refractivity contribution in [3.8, 4) is 0 Å². The van der Waals surface area contributed by atoms with Gasteiger partial charge in [-0.15, -0.1) is 0 Å². The van der Waals surface area contributed by atoms with Gasteiger partial charge in [0.15, 0.2) is 6.04 Å². The highest BCUT2D eigenvalue weighted by molar-refractivity contribution is 5.82. The van der Waals surface area contributed by atoms with Crippen LogP contribution in [0, 0.1) is 0 Å². The summed E-state index contributed by atoms with van der Waals surface area (Å²) in [7, 11) is 0. The Hall–Kier alpha value is -2.02. The minimum absolute atomic E-state index is 0.243. The highest BCUT2D eigenvalue weighted by Gasteiger charge is 2.22. The molecule has 0 saturated heterocycles. The molecule has 0 aliphatic rings. The summed E-state index contributed by atoms with van der Waals surface area (Å²) in [5.74, 6) is -0.678. The molecule has 0 aromatic carbocycles. The van der Waals surface area contributed by atoms with Crippen molar-refractivity contribution in [3.05, 3.63) is 24.2 Å². The van der Waals surface area contributed by atoms with Crippen molar-refractivity contribution in [3.63, 3.8) is 0 Å². The SMILES string of the molecule is CCN(Cc1ccco1)C(=O)N[C@@H](CO)C(=O)O. The topological polar surface area (TPSA) is 103 Å². The quantitative estimate of drug-likeness (QED) is 0.677. The van der Waals surface area contributed by atoms with Crippen LogP contribution in [0.2, 0.25) is 0 Å². The number of carboxylic acid groups (broad SMARTS) is 1. The molecule has 3 N–H and O–H groups in total. The van der Waals surface area contributed by atoms with Crippen molar-refractivity contribution in [2.45, 2.75) is 19.5 Å². The lowest BCUT2D eigenvalue weighted by Gasteiger charge is -2.22. The number of aliphatic hydroxyl groups is 1. The molecule has 0 unspecified atom stereocenters. The third-order valence-corrected chi connectivity index (χ3v) is 2.37. The van der Waals surface area contributed by atoms with Crippen molar-refractivity contribution >= 4 is 12.0 Å². The highest BCUT2D eigenvalue weighted by Crippen LogP contribution is 2.05. The van der Waals surface area contributed by atoms with E-state index in [0.717, 1.165) is 0 Å². The van der Waals surface area contributed by atoms with Gasteiger partial charge < -0.3 is 24.8 Å². The third-order valence-electron chi connectivity index (χ3n) is 2.37. The summed E-state index contributed by atoms with van der Waals surface area (Å²) in [6.45, 7) is 1.74. The zero-order chi connectivity index (χ0) is 13.5. The van der Waals surface area contributed by atoms with E-state index in [4.69, 9.17) is 14.6 Å². The number of hydrogen-bond acceptors (Lipinski definition) is 4. The molecule has 0 saturated carbocycles. The maximum atomic E-state index is 11.8. The molecule has 1 rings (SSSR count). The fourth-order valence-corrected chi connectivity index (χ4v) is 1.34. The predicted molar refractivity (Wildman–Crippen MR) is 61.8 cm³/mol. The summed E-state index contributed by atoms with van der Waals surface area (Å²) < 4.78 is 5.11. The second-order valence-electron chi connectivity index (χ2n) is 3.62. The van der Waals surface area contributed by atoms with Crippen molar-refractivity contribution in [2.75, 3.05) is 13.2 Å². The standard InChI is InChI=1S/C11H16N2O5/c1-2-13(6-8-4-3-5-18-8)11(17)12-9(7-14)10(15)16/h3-5,9,14H,2,6-7H2,1H3,(H,12,17)(H,15,16)/t9-/m0/s1. The lowest BCUT2D eigenvalue weighted by molar-refractivity contribution is -0.140. The predicted octanol–water partition coefficient (Wildman–Crippen LogP) is 0.257. The Morgan fingerprint density at radius 3 is 2.72 bits per heavy atom. The minimum atomic E-state index is -1.30. The van der Waals surface area contributed by atoms with Gasteiger partial charge in [-0.05, 0) is 19.1 Å². The second kappa shape index (κ2) is 6.65. The van der Waals surface area contributed by atoms with Crippen LogP contribution >= 0.6 is 0 Å². The molecule has 1 aromatic rings. The lowest BCUT2D eigenvalue weighted by Crippen LogP contribution is -2.49. The Morgan fingerprint density at radius 2 is 2.28 bits per heavy atom. The summed E-state index contributed by atoms with van der Waals surface area (Å²) in [6, 6.07) is 1.56. The molecule has 0 radical (unpaired) electrons. The second-order valence-corrected chi connectivity index (χ2v) is 3.62. The van der Waals surface area contributed by atoms with E-state index in [0.29, 0.717) is 12.3 Å². The normalized spacial score (nSPS) is 11.9. The van der Waals surface area contributed by atoms with E-state index in [-0.39, 0.29) is 6.54 Å². The van der Waals surface area contributed by atoms with E-state index in [1.165, 1.54) is 11.2 Å². The zero-order valence-corrected chi connectivity index (χ0v) is 10.00. The number of carboxylic acids is 1. The maximum absolute atomic E-state index is 11.8.